The van der Waals surface area contributed by atoms with Gasteiger partial charge in [0.25, 0.3) is 0 Å². The Balaban J connectivity index is 1.80. The second-order valence-corrected chi connectivity index (χ2v) is 6.43. The number of nitrogens with zero attached hydrogens (tertiary/aromatic N) is 1. The third-order valence-electron chi connectivity index (χ3n) is 2.74. The van der Waals surface area contributed by atoms with E-state index in [1.807, 2.05) is 36.4 Å². The lowest BCUT2D eigenvalue weighted by Crippen LogP contribution is -1.99. The van der Waals surface area contributed by atoms with Gasteiger partial charge in [-0.15, -0.1) is 0 Å². The van der Waals surface area contributed by atoms with E-state index < -0.39 is 0 Å². The predicted octanol–water partition coefficient (Wildman–Crippen LogP) is 5.32. The highest BCUT2D eigenvalue weighted by molar-refractivity contribution is 9.10. The van der Waals surface area contributed by atoms with E-state index in [-0.39, 0.29) is 0 Å². The van der Waals surface area contributed by atoms with Crippen molar-refractivity contribution in [2.45, 2.75) is 6.54 Å². The number of hydrogen-bond acceptors (Lipinski definition) is 3. The average Bonchev–Trinajstić information content (AvgIpc) is 2.79. The Labute approximate surface area is 128 Å². The summed E-state index contributed by atoms with van der Waals surface area (Å²) in [5, 5.41) is 5.01. The number of fused-ring (bicyclic) bond motifs is 1. The van der Waals surface area contributed by atoms with Crippen molar-refractivity contribution in [2.75, 3.05) is 5.32 Å². The fourth-order valence-corrected chi connectivity index (χ4v) is 3.40. The predicted molar refractivity (Wildman–Crippen MR) is 86.1 cm³/mol. The van der Waals surface area contributed by atoms with E-state index in [4.69, 9.17) is 11.6 Å². The summed E-state index contributed by atoms with van der Waals surface area (Å²) in [6, 6.07) is 13.9. The molecule has 1 heterocycles. The monoisotopic (exact) mass is 352 g/mol. The van der Waals surface area contributed by atoms with E-state index in [9.17, 15) is 0 Å². The van der Waals surface area contributed by atoms with Crippen LogP contribution in [0.3, 0.4) is 0 Å². The Morgan fingerprint density at radius 3 is 2.89 bits per heavy atom. The number of rotatable bonds is 3. The molecule has 0 fully saturated rings. The molecule has 3 aromatic rings. The Morgan fingerprint density at radius 2 is 2.05 bits per heavy atom. The fraction of sp³-hybridized carbons (Fsp3) is 0.0714. The van der Waals surface area contributed by atoms with E-state index in [1.54, 1.807) is 11.3 Å². The molecule has 1 aromatic heterocycles. The highest BCUT2D eigenvalue weighted by Gasteiger charge is 2.05. The second kappa shape index (κ2) is 5.49. The molecule has 0 spiro atoms. The summed E-state index contributed by atoms with van der Waals surface area (Å²) in [6.45, 7) is 0.681. The van der Waals surface area contributed by atoms with Gasteiger partial charge in [-0.05, 0) is 29.8 Å². The van der Waals surface area contributed by atoms with Crippen molar-refractivity contribution in [2.24, 2.45) is 0 Å². The molecule has 96 valence electrons. The van der Waals surface area contributed by atoms with E-state index in [2.05, 4.69) is 32.3 Å². The van der Waals surface area contributed by atoms with Crippen LogP contribution >= 0.6 is 38.9 Å². The molecule has 0 aliphatic rings. The van der Waals surface area contributed by atoms with Crippen LogP contribution in [-0.2, 0) is 6.54 Å². The Kier molecular flexibility index (Phi) is 3.73. The molecular weight excluding hydrogens is 344 g/mol. The largest absolute Gasteiger partial charge is 0.357 e. The summed E-state index contributed by atoms with van der Waals surface area (Å²) >= 11 is 11.2. The smallest absolute Gasteiger partial charge is 0.184 e. The maximum Gasteiger partial charge on any atom is 0.184 e. The lowest BCUT2D eigenvalue weighted by atomic mass is 10.2. The highest BCUT2D eigenvalue weighted by Crippen LogP contribution is 2.29. The van der Waals surface area contributed by atoms with Crippen LogP contribution in [0.4, 0.5) is 5.13 Å². The number of nitrogens with one attached hydrogen (secondary N) is 1. The van der Waals surface area contributed by atoms with Gasteiger partial charge in [0.2, 0.25) is 0 Å². The Morgan fingerprint density at radius 1 is 1.21 bits per heavy atom. The molecule has 0 amide bonds. The van der Waals surface area contributed by atoms with Crippen LogP contribution in [0.15, 0.2) is 46.9 Å². The zero-order valence-electron chi connectivity index (χ0n) is 9.86. The van der Waals surface area contributed by atoms with Crippen LogP contribution in [0.1, 0.15) is 5.56 Å². The van der Waals surface area contributed by atoms with Crippen LogP contribution in [0.25, 0.3) is 10.2 Å². The van der Waals surface area contributed by atoms with Crippen molar-refractivity contribution >= 4 is 54.2 Å². The van der Waals surface area contributed by atoms with Gasteiger partial charge in [0.15, 0.2) is 5.13 Å². The van der Waals surface area contributed by atoms with E-state index in [0.29, 0.717) is 6.54 Å². The quantitative estimate of drug-likeness (QED) is 0.689. The van der Waals surface area contributed by atoms with Gasteiger partial charge in [-0.2, -0.15) is 0 Å². The summed E-state index contributed by atoms with van der Waals surface area (Å²) < 4.78 is 2.23. The second-order valence-electron chi connectivity index (χ2n) is 4.08. The normalized spacial score (nSPS) is 10.8. The first-order valence-electron chi connectivity index (χ1n) is 5.76. The van der Waals surface area contributed by atoms with Crippen LogP contribution in [0, 0.1) is 0 Å². The van der Waals surface area contributed by atoms with E-state index >= 15 is 0 Å². The molecule has 2 aromatic carbocycles. The number of benzene rings is 2. The van der Waals surface area contributed by atoms with Gasteiger partial charge in [-0.3, -0.25) is 0 Å². The first-order valence-corrected chi connectivity index (χ1v) is 7.74. The Bertz CT molecular complexity index is 726. The summed E-state index contributed by atoms with van der Waals surface area (Å²) in [4.78, 5) is 4.54. The zero-order chi connectivity index (χ0) is 13.2. The molecule has 5 heteroatoms. The van der Waals surface area contributed by atoms with Gasteiger partial charge in [0, 0.05) is 16.0 Å². The molecule has 0 aliphatic carbocycles. The van der Waals surface area contributed by atoms with Crippen LogP contribution in [0.2, 0.25) is 5.02 Å². The number of halogens is 2. The summed E-state index contributed by atoms with van der Waals surface area (Å²) in [6.07, 6.45) is 0. The van der Waals surface area contributed by atoms with Gasteiger partial charge >= 0.3 is 0 Å². The summed E-state index contributed by atoms with van der Waals surface area (Å²) in [5.41, 5.74) is 2.08. The molecular formula is C14H10BrClN2S. The molecule has 0 radical (unpaired) electrons. The molecule has 1 N–H and O–H groups in total. The van der Waals surface area contributed by atoms with Crippen molar-refractivity contribution in [1.29, 1.82) is 0 Å². The van der Waals surface area contributed by atoms with Crippen LogP contribution < -0.4 is 5.32 Å². The van der Waals surface area contributed by atoms with Gasteiger partial charge in [0.1, 0.15) is 0 Å². The lowest BCUT2D eigenvalue weighted by Gasteiger charge is -2.04. The Hall–Kier alpha value is -1.10. The lowest BCUT2D eigenvalue weighted by molar-refractivity contribution is 1.14. The van der Waals surface area contributed by atoms with Crippen LogP contribution in [-0.4, -0.2) is 4.98 Å². The zero-order valence-corrected chi connectivity index (χ0v) is 13.0. The number of thiazole rings is 1. The van der Waals surface area contributed by atoms with Gasteiger partial charge < -0.3 is 5.32 Å². The minimum Gasteiger partial charge on any atom is -0.357 e. The minimum atomic E-state index is 0.681. The van der Waals surface area contributed by atoms with E-state index in [0.717, 1.165) is 30.4 Å². The topological polar surface area (TPSA) is 24.9 Å². The molecule has 0 unspecified atom stereocenters. The molecule has 2 nitrogen and oxygen atoms in total. The average molecular weight is 354 g/mol. The van der Waals surface area contributed by atoms with Gasteiger partial charge in [-0.25, -0.2) is 4.98 Å². The maximum atomic E-state index is 6.13. The van der Waals surface area contributed by atoms with Crippen molar-refractivity contribution in [3.8, 4) is 0 Å². The molecule has 0 bridgehead atoms. The standard InChI is InChI=1S/C14H10BrClN2S/c15-10-5-6-12-13(7-10)19-14(18-12)17-8-9-3-1-2-4-11(9)16/h1-7H,8H2,(H,17,18). The summed E-state index contributed by atoms with van der Waals surface area (Å²) in [5.74, 6) is 0. The molecule has 0 atom stereocenters. The minimum absolute atomic E-state index is 0.681. The number of anilines is 1. The molecule has 3 rings (SSSR count). The van der Waals surface area contributed by atoms with Gasteiger partial charge in [0.05, 0.1) is 10.2 Å². The third kappa shape index (κ3) is 2.91. The molecule has 0 aliphatic heterocycles. The first-order chi connectivity index (χ1) is 9.22. The van der Waals surface area contributed by atoms with Crippen molar-refractivity contribution < 1.29 is 0 Å². The fourth-order valence-electron chi connectivity index (χ4n) is 1.79. The van der Waals surface area contributed by atoms with Crippen molar-refractivity contribution in [3.05, 3.63) is 57.5 Å². The molecule has 0 saturated carbocycles. The van der Waals surface area contributed by atoms with Crippen molar-refractivity contribution in [3.63, 3.8) is 0 Å². The maximum absolute atomic E-state index is 6.13. The first kappa shape index (κ1) is 12.9. The highest BCUT2D eigenvalue weighted by atomic mass is 79.9. The third-order valence-corrected chi connectivity index (χ3v) is 4.58. The SMILES string of the molecule is Clc1ccccc1CNc1nc2ccc(Br)cc2s1. The summed E-state index contributed by atoms with van der Waals surface area (Å²) in [7, 11) is 0. The number of hydrogen-bond donors (Lipinski definition) is 1. The van der Waals surface area contributed by atoms with Crippen LogP contribution in [0.5, 0.6) is 0 Å². The van der Waals surface area contributed by atoms with Crippen molar-refractivity contribution in [1.82, 2.24) is 4.98 Å². The molecule has 19 heavy (non-hydrogen) atoms. The molecule has 0 saturated heterocycles. The van der Waals surface area contributed by atoms with E-state index in [1.165, 1.54) is 0 Å². The van der Waals surface area contributed by atoms with Gasteiger partial charge in [-0.1, -0.05) is 57.1 Å². The number of aromatic nitrogens is 1.